The Morgan fingerprint density at radius 2 is 1.62 bits per heavy atom. The summed E-state index contributed by atoms with van der Waals surface area (Å²) in [5.74, 6) is -1.17. The number of hydrogen-bond acceptors (Lipinski definition) is 2. The van der Waals surface area contributed by atoms with Crippen molar-refractivity contribution in [3.63, 3.8) is 0 Å². The van der Waals surface area contributed by atoms with Crippen molar-refractivity contribution in [2.75, 3.05) is 0 Å². The highest BCUT2D eigenvalue weighted by Crippen LogP contribution is 2.33. The molecule has 2 nitrogen and oxygen atoms in total. The summed E-state index contributed by atoms with van der Waals surface area (Å²) in [6.07, 6.45) is -9.86. The molecule has 0 aromatic carbocycles. The second-order valence-corrected chi connectivity index (χ2v) is 3.37. The topological polar surface area (TPSA) is 22.1 Å². The zero-order valence-corrected chi connectivity index (χ0v) is 8.74. The van der Waals surface area contributed by atoms with Gasteiger partial charge >= 0.3 is 12.5 Å². The van der Waals surface area contributed by atoms with Gasteiger partial charge in [-0.2, -0.15) is 13.2 Å². The van der Waals surface area contributed by atoms with Gasteiger partial charge in [-0.15, -0.1) is 13.2 Å². The summed E-state index contributed by atoms with van der Waals surface area (Å²) in [6.45, 7) is 0. The smallest absolute Gasteiger partial charge is 0.388 e. The lowest BCUT2D eigenvalue weighted by Gasteiger charge is -2.11. The SMILES string of the molecule is FC(F)(F)Oc1cc(C(F)(F)F)cc(Br)n1. The van der Waals surface area contributed by atoms with Crippen molar-refractivity contribution < 1.29 is 31.1 Å². The normalized spacial score (nSPS) is 12.7. The summed E-state index contributed by atoms with van der Waals surface area (Å²) in [5, 5.41) is 0. The Balaban J connectivity index is 3.09. The fourth-order valence-electron chi connectivity index (χ4n) is 0.807. The van der Waals surface area contributed by atoms with Crippen LogP contribution in [0.25, 0.3) is 0 Å². The highest BCUT2D eigenvalue weighted by molar-refractivity contribution is 9.10. The maximum Gasteiger partial charge on any atom is 0.574 e. The number of ether oxygens (including phenoxy) is 1. The molecule has 0 aliphatic carbocycles. The zero-order chi connectivity index (χ0) is 12.6. The number of hydrogen-bond donors (Lipinski definition) is 0. The van der Waals surface area contributed by atoms with E-state index in [0.717, 1.165) is 0 Å². The molecule has 1 aromatic heterocycles. The van der Waals surface area contributed by atoms with Crippen molar-refractivity contribution in [3.8, 4) is 5.88 Å². The molecule has 0 spiro atoms. The molecule has 1 rings (SSSR count). The monoisotopic (exact) mass is 309 g/mol. The molecule has 1 aromatic rings. The number of rotatable bonds is 1. The molecule has 0 saturated heterocycles. The molecule has 16 heavy (non-hydrogen) atoms. The Bertz CT molecular complexity index is 387. The van der Waals surface area contributed by atoms with Crippen molar-refractivity contribution in [2.24, 2.45) is 0 Å². The molecule has 0 fully saturated rings. The third-order valence-electron chi connectivity index (χ3n) is 1.32. The largest absolute Gasteiger partial charge is 0.574 e. The van der Waals surface area contributed by atoms with E-state index in [0.29, 0.717) is 6.07 Å². The van der Waals surface area contributed by atoms with Crippen LogP contribution in [0.5, 0.6) is 5.88 Å². The quantitative estimate of drug-likeness (QED) is 0.582. The Morgan fingerprint density at radius 1 is 1.06 bits per heavy atom. The van der Waals surface area contributed by atoms with Crippen LogP contribution >= 0.6 is 15.9 Å². The minimum absolute atomic E-state index is 0.165. The van der Waals surface area contributed by atoms with Crippen molar-refractivity contribution in [2.45, 2.75) is 12.5 Å². The highest BCUT2D eigenvalue weighted by Gasteiger charge is 2.35. The molecule has 0 N–H and O–H groups in total. The molecule has 90 valence electrons. The van der Waals surface area contributed by atoms with Crippen LogP contribution in [-0.2, 0) is 6.18 Å². The number of nitrogens with zero attached hydrogens (tertiary/aromatic N) is 1. The van der Waals surface area contributed by atoms with Gasteiger partial charge in [-0.1, -0.05) is 0 Å². The Kier molecular flexibility index (Phi) is 3.36. The molecule has 0 bridgehead atoms. The van der Waals surface area contributed by atoms with Gasteiger partial charge in [-0.25, -0.2) is 4.98 Å². The van der Waals surface area contributed by atoms with Gasteiger partial charge in [0, 0.05) is 6.07 Å². The van der Waals surface area contributed by atoms with Crippen LogP contribution in [0.15, 0.2) is 16.7 Å². The van der Waals surface area contributed by atoms with E-state index in [2.05, 4.69) is 25.7 Å². The van der Waals surface area contributed by atoms with Gasteiger partial charge in [-0.05, 0) is 22.0 Å². The van der Waals surface area contributed by atoms with Crippen molar-refractivity contribution in [3.05, 3.63) is 22.3 Å². The van der Waals surface area contributed by atoms with E-state index in [4.69, 9.17) is 0 Å². The Morgan fingerprint density at radius 3 is 2.06 bits per heavy atom. The van der Waals surface area contributed by atoms with Crippen LogP contribution in [0.2, 0.25) is 0 Å². The molecule has 0 saturated carbocycles. The number of pyridine rings is 1. The average Bonchev–Trinajstić information content (AvgIpc) is 1.97. The molecule has 1 heterocycles. The summed E-state index contributed by atoms with van der Waals surface area (Å²) in [4.78, 5) is 3.11. The third kappa shape index (κ3) is 3.87. The van der Waals surface area contributed by atoms with E-state index < -0.39 is 28.6 Å². The number of aromatic nitrogens is 1. The first-order chi connectivity index (χ1) is 7.08. The highest BCUT2D eigenvalue weighted by atomic mass is 79.9. The first-order valence-electron chi connectivity index (χ1n) is 3.58. The molecule has 0 unspecified atom stereocenters. The summed E-state index contributed by atoms with van der Waals surface area (Å²) in [7, 11) is 0. The molecule has 0 atom stereocenters. The van der Waals surface area contributed by atoms with E-state index in [1.807, 2.05) is 0 Å². The fraction of sp³-hybridized carbons (Fsp3) is 0.286. The van der Waals surface area contributed by atoms with Gasteiger partial charge in [0.25, 0.3) is 0 Å². The molecule has 0 aliphatic rings. The van der Waals surface area contributed by atoms with Gasteiger partial charge in [-0.3, -0.25) is 0 Å². The van der Waals surface area contributed by atoms with Crippen molar-refractivity contribution >= 4 is 15.9 Å². The summed E-state index contributed by atoms with van der Waals surface area (Å²) in [6, 6.07) is 0.710. The Hall–Kier alpha value is -0.990. The first-order valence-corrected chi connectivity index (χ1v) is 4.38. The second kappa shape index (κ2) is 4.11. The lowest BCUT2D eigenvalue weighted by Crippen LogP contribution is -2.18. The van der Waals surface area contributed by atoms with Crippen LogP contribution in [0.4, 0.5) is 26.3 Å². The predicted octanol–water partition coefficient (Wildman–Crippen LogP) is 3.76. The van der Waals surface area contributed by atoms with E-state index in [-0.39, 0.29) is 6.07 Å². The van der Waals surface area contributed by atoms with Crippen LogP contribution in [0.3, 0.4) is 0 Å². The van der Waals surface area contributed by atoms with Gasteiger partial charge < -0.3 is 4.74 Å². The van der Waals surface area contributed by atoms with Gasteiger partial charge in [0.05, 0.1) is 5.56 Å². The summed E-state index contributed by atoms with van der Waals surface area (Å²) in [5.41, 5.74) is -1.28. The fourth-order valence-corrected chi connectivity index (χ4v) is 1.23. The van der Waals surface area contributed by atoms with E-state index >= 15 is 0 Å². The average molecular weight is 310 g/mol. The summed E-state index contributed by atoms with van der Waals surface area (Å²) >= 11 is 2.55. The molecule has 0 aliphatic heterocycles. The zero-order valence-electron chi connectivity index (χ0n) is 7.16. The first kappa shape index (κ1) is 13.1. The number of alkyl halides is 6. The third-order valence-corrected chi connectivity index (χ3v) is 1.72. The van der Waals surface area contributed by atoms with Gasteiger partial charge in [0.1, 0.15) is 4.60 Å². The molecule has 0 radical (unpaired) electrons. The van der Waals surface area contributed by atoms with E-state index in [1.54, 1.807) is 0 Å². The second-order valence-electron chi connectivity index (χ2n) is 2.56. The maximum absolute atomic E-state index is 12.2. The van der Waals surface area contributed by atoms with Crippen molar-refractivity contribution in [1.82, 2.24) is 4.98 Å². The maximum atomic E-state index is 12.2. The van der Waals surface area contributed by atoms with Crippen LogP contribution in [0.1, 0.15) is 5.56 Å². The molecule has 9 heteroatoms. The standard InChI is InChI=1S/C7H2BrF6NO/c8-4-1-3(6(9,10)11)2-5(15-4)16-7(12,13)14/h1-2H. The molecular formula is C7H2BrF6NO. The van der Waals surface area contributed by atoms with Gasteiger partial charge in [0.15, 0.2) is 0 Å². The number of halogens is 7. The molecular weight excluding hydrogens is 308 g/mol. The van der Waals surface area contributed by atoms with Crippen molar-refractivity contribution in [1.29, 1.82) is 0 Å². The minimum atomic E-state index is -5.09. The Labute approximate surface area is 93.4 Å². The van der Waals surface area contributed by atoms with Crippen LogP contribution in [0, 0.1) is 0 Å². The lowest BCUT2D eigenvalue weighted by atomic mass is 10.2. The molecule has 0 amide bonds. The van der Waals surface area contributed by atoms with E-state index in [9.17, 15) is 26.3 Å². The van der Waals surface area contributed by atoms with Crippen LogP contribution < -0.4 is 4.74 Å². The van der Waals surface area contributed by atoms with Crippen LogP contribution in [-0.4, -0.2) is 11.3 Å². The minimum Gasteiger partial charge on any atom is -0.388 e. The predicted molar refractivity (Wildman–Crippen MR) is 43.6 cm³/mol. The van der Waals surface area contributed by atoms with E-state index in [1.165, 1.54) is 0 Å². The lowest BCUT2D eigenvalue weighted by molar-refractivity contribution is -0.276. The summed E-state index contributed by atoms with van der Waals surface area (Å²) < 4.78 is 74.7. The van der Waals surface area contributed by atoms with Gasteiger partial charge in [0.2, 0.25) is 5.88 Å².